The summed E-state index contributed by atoms with van der Waals surface area (Å²) < 4.78 is 2.37. The highest BCUT2D eigenvalue weighted by Crippen LogP contribution is 2.26. The summed E-state index contributed by atoms with van der Waals surface area (Å²) in [6, 6.07) is 9.15. The van der Waals surface area contributed by atoms with Crippen LogP contribution >= 0.6 is 22.9 Å². The van der Waals surface area contributed by atoms with E-state index >= 15 is 0 Å². The lowest BCUT2D eigenvalue weighted by molar-refractivity contribution is 1.02. The van der Waals surface area contributed by atoms with Crippen molar-refractivity contribution in [2.45, 2.75) is 0 Å². The fourth-order valence-corrected chi connectivity index (χ4v) is 3.37. The minimum absolute atomic E-state index is 0.170. The molecule has 0 spiro atoms. The number of thiophene rings is 1. The number of hydrogen-bond acceptors (Lipinski definition) is 4. The van der Waals surface area contributed by atoms with Crippen LogP contribution in [-0.4, -0.2) is 14.4 Å². The van der Waals surface area contributed by atoms with Crippen molar-refractivity contribution in [3.05, 3.63) is 63.6 Å². The van der Waals surface area contributed by atoms with E-state index in [0.717, 1.165) is 10.2 Å². The van der Waals surface area contributed by atoms with Gasteiger partial charge in [0.05, 0.1) is 15.8 Å². The van der Waals surface area contributed by atoms with Gasteiger partial charge in [0.15, 0.2) is 5.65 Å². The van der Waals surface area contributed by atoms with E-state index in [1.807, 2.05) is 29.6 Å². The van der Waals surface area contributed by atoms with Crippen LogP contribution in [0.1, 0.15) is 0 Å². The number of fused-ring (bicyclic) bond motifs is 3. The van der Waals surface area contributed by atoms with E-state index in [1.54, 1.807) is 12.3 Å². The molecule has 0 atom stereocenters. The lowest BCUT2D eigenvalue weighted by Crippen LogP contribution is -2.17. The molecule has 102 valence electrons. The summed E-state index contributed by atoms with van der Waals surface area (Å²) in [4.78, 5) is 21.4. The highest BCUT2D eigenvalue weighted by atomic mass is 35.5. The van der Waals surface area contributed by atoms with E-state index in [9.17, 15) is 4.79 Å². The largest absolute Gasteiger partial charge is 0.268 e. The molecule has 0 aliphatic rings. The molecule has 0 aliphatic heterocycles. The number of rotatable bonds is 1. The van der Waals surface area contributed by atoms with Crippen molar-refractivity contribution in [1.29, 1.82) is 0 Å². The van der Waals surface area contributed by atoms with Gasteiger partial charge < -0.3 is 0 Å². The van der Waals surface area contributed by atoms with Gasteiger partial charge in [0, 0.05) is 16.8 Å². The van der Waals surface area contributed by atoms with E-state index < -0.39 is 0 Å². The predicted octanol–water partition coefficient (Wildman–Crippen LogP) is 3.62. The molecular formula is C15H8ClN3OS. The Morgan fingerprint density at radius 2 is 1.95 bits per heavy atom. The zero-order valence-corrected chi connectivity index (χ0v) is 12.2. The molecule has 0 saturated heterocycles. The van der Waals surface area contributed by atoms with Crippen LogP contribution in [-0.2, 0) is 0 Å². The Labute approximate surface area is 128 Å². The van der Waals surface area contributed by atoms with Crippen molar-refractivity contribution in [1.82, 2.24) is 14.4 Å². The third kappa shape index (κ3) is 1.86. The monoisotopic (exact) mass is 313 g/mol. The molecule has 4 rings (SSSR count). The number of aromatic nitrogens is 3. The fourth-order valence-electron chi connectivity index (χ4n) is 2.30. The minimum atomic E-state index is -0.170. The second-order valence-electron chi connectivity index (χ2n) is 4.53. The molecule has 4 aromatic rings. The van der Waals surface area contributed by atoms with Crippen molar-refractivity contribution in [2.75, 3.05) is 0 Å². The summed E-state index contributed by atoms with van der Waals surface area (Å²) in [5, 5.41) is 2.47. The molecule has 3 aromatic heterocycles. The van der Waals surface area contributed by atoms with Gasteiger partial charge in [0.25, 0.3) is 5.56 Å². The van der Waals surface area contributed by atoms with Crippen LogP contribution in [0.5, 0.6) is 0 Å². The Kier molecular flexibility index (Phi) is 2.77. The van der Waals surface area contributed by atoms with E-state index in [4.69, 9.17) is 11.6 Å². The predicted molar refractivity (Wildman–Crippen MR) is 85.1 cm³/mol. The molecule has 6 heteroatoms. The Hall–Kier alpha value is -2.24. The van der Waals surface area contributed by atoms with Crippen LogP contribution in [0, 0.1) is 0 Å². The highest BCUT2D eigenvalue weighted by Gasteiger charge is 2.12. The molecule has 0 N–H and O–H groups in total. The summed E-state index contributed by atoms with van der Waals surface area (Å²) in [6.45, 7) is 0. The van der Waals surface area contributed by atoms with Gasteiger partial charge >= 0.3 is 0 Å². The molecule has 1 aromatic carbocycles. The van der Waals surface area contributed by atoms with E-state index in [1.165, 1.54) is 22.1 Å². The van der Waals surface area contributed by atoms with Crippen molar-refractivity contribution in [3.63, 3.8) is 0 Å². The molecule has 0 amide bonds. The Morgan fingerprint density at radius 3 is 2.81 bits per heavy atom. The van der Waals surface area contributed by atoms with E-state index in [2.05, 4.69) is 9.97 Å². The molecule has 3 heterocycles. The van der Waals surface area contributed by atoms with Gasteiger partial charge in [0.2, 0.25) is 0 Å². The first kappa shape index (κ1) is 12.5. The lowest BCUT2D eigenvalue weighted by atomic mass is 10.1. The van der Waals surface area contributed by atoms with Crippen LogP contribution in [0.3, 0.4) is 0 Å². The number of benzene rings is 1. The van der Waals surface area contributed by atoms with Crippen LogP contribution in [0.2, 0.25) is 5.02 Å². The van der Waals surface area contributed by atoms with Crippen molar-refractivity contribution >= 4 is 38.8 Å². The maximum absolute atomic E-state index is 12.7. The summed E-state index contributed by atoms with van der Waals surface area (Å²) in [7, 11) is 0. The van der Waals surface area contributed by atoms with E-state index in [0.29, 0.717) is 21.8 Å². The van der Waals surface area contributed by atoms with Gasteiger partial charge in [-0.1, -0.05) is 29.8 Å². The Morgan fingerprint density at radius 1 is 1.10 bits per heavy atom. The lowest BCUT2D eigenvalue weighted by Gasteiger charge is -2.06. The average Bonchev–Trinajstić information content (AvgIpc) is 2.97. The van der Waals surface area contributed by atoms with Gasteiger partial charge in [-0.25, -0.2) is 14.4 Å². The summed E-state index contributed by atoms with van der Waals surface area (Å²) in [5.41, 5.74) is 2.44. The van der Waals surface area contributed by atoms with Crippen LogP contribution in [0.4, 0.5) is 0 Å². The fraction of sp³-hybridized carbons (Fsp3) is 0. The summed E-state index contributed by atoms with van der Waals surface area (Å²) in [6.07, 6.45) is 3.10. The molecule has 0 aliphatic carbocycles. The van der Waals surface area contributed by atoms with Gasteiger partial charge in [-0.3, -0.25) is 4.79 Å². The minimum Gasteiger partial charge on any atom is -0.268 e. The maximum atomic E-state index is 12.7. The highest BCUT2D eigenvalue weighted by molar-refractivity contribution is 7.17. The van der Waals surface area contributed by atoms with Crippen LogP contribution < -0.4 is 5.56 Å². The van der Waals surface area contributed by atoms with Gasteiger partial charge in [0.1, 0.15) is 6.33 Å². The smallest absolute Gasteiger partial charge is 0.267 e. The van der Waals surface area contributed by atoms with Crippen molar-refractivity contribution < 1.29 is 0 Å². The first-order valence-corrected chi connectivity index (χ1v) is 7.50. The summed E-state index contributed by atoms with van der Waals surface area (Å²) >= 11 is 7.69. The number of nitrogens with zero attached hydrogens (tertiary/aromatic N) is 3. The number of halogens is 1. The van der Waals surface area contributed by atoms with Gasteiger partial charge in [-0.15, -0.1) is 11.3 Å². The number of hydrogen-bond donors (Lipinski definition) is 0. The molecule has 0 bridgehead atoms. The Bertz CT molecular complexity index is 1040. The standard InChI is InChI=1S/C15H8ClN3OS/c16-11-4-2-1-3-9(11)10-7-17-14-13-12(5-6-21-13)18-8-19(14)15(10)20/h1-8H. The zero-order valence-electron chi connectivity index (χ0n) is 10.7. The molecule has 21 heavy (non-hydrogen) atoms. The molecule has 0 saturated carbocycles. The maximum Gasteiger partial charge on any atom is 0.267 e. The topological polar surface area (TPSA) is 47.3 Å². The van der Waals surface area contributed by atoms with Crippen molar-refractivity contribution in [2.24, 2.45) is 0 Å². The molecule has 0 fully saturated rings. The normalized spacial score (nSPS) is 11.3. The molecule has 0 unspecified atom stereocenters. The zero-order chi connectivity index (χ0) is 14.4. The quantitative estimate of drug-likeness (QED) is 0.539. The first-order chi connectivity index (χ1) is 10.3. The SMILES string of the molecule is O=c1c(-c2ccccc2Cl)cnc2c3sccc3ncn12. The average molecular weight is 314 g/mol. The van der Waals surface area contributed by atoms with Crippen LogP contribution in [0.25, 0.3) is 27.0 Å². The second kappa shape index (κ2) is 4.65. The first-order valence-electron chi connectivity index (χ1n) is 6.24. The van der Waals surface area contributed by atoms with Crippen molar-refractivity contribution in [3.8, 4) is 11.1 Å². The van der Waals surface area contributed by atoms with Crippen LogP contribution in [0.15, 0.2) is 53.0 Å². The van der Waals surface area contributed by atoms with E-state index in [-0.39, 0.29) is 5.56 Å². The van der Waals surface area contributed by atoms with Gasteiger partial charge in [-0.05, 0) is 17.5 Å². The Balaban J connectivity index is 2.10. The third-order valence-corrected chi connectivity index (χ3v) is 4.55. The summed E-state index contributed by atoms with van der Waals surface area (Å²) in [5.74, 6) is 0. The second-order valence-corrected chi connectivity index (χ2v) is 5.85. The molecular weight excluding hydrogens is 306 g/mol. The molecule has 0 radical (unpaired) electrons. The van der Waals surface area contributed by atoms with Gasteiger partial charge in [-0.2, -0.15) is 0 Å². The third-order valence-electron chi connectivity index (χ3n) is 3.32. The molecule has 4 nitrogen and oxygen atoms in total.